The van der Waals surface area contributed by atoms with Gasteiger partial charge in [0.2, 0.25) is 0 Å². The highest BCUT2D eigenvalue weighted by Crippen LogP contribution is 2.57. The molecule has 1 N–H and O–H groups in total. The summed E-state index contributed by atoms with van der Waals surface area (Å²) in [7, 11) is 0. The van der Waals surface area contributed by atoms with E-state index in [2.05, 4.69) is 17.1 Å². The topological polar surface area (TPSA) is 15.3 Å². The first kappa shape index (κ1) is 16.3. The molecule has 3 unspecified atom stereocenters. The van der Waals surface area contributed by atoms with Crippen molar-refractivity contribution in [1.29, 1.82) is 0 Å². The van der Waals surface area contributed by atoms with Crippen molar-refractivity contribution in [2.75, 3.05) is 19.6 Å². The van der Waals surface area contributed by atoms with Gasteiger partial charge in [-0.1, -0.05) is 27.7 Å². The fourth-order valence-corrected chi connectivity index (χ4v) is 4.37. The molecule has 118 valence electrons. The summed E-state index contributed by atoms with van der Waals surface area (Å²) in [5, 5.41) is 3.72. The van der Waals surface area contributed by atoms with Crippen LogP contribution in [-0.4, -0.2) is 36.6 Å². The number of fused-ring (bicyclic) bond motifs is 1. The lowest BCUT2D eigenvalue weighted by molar-refractivity contribution is 0.143. The average molecular weight is 280 g/mol. The van der Waals surface area contributed by atoms with E-state index >= 15 is 0 Å². The second-order valence-corrected chi connectivity index (χ2v) is 7.17. The lowest BCUT2D eigenvalue weighted by atomic mass is 9.92. The number of rotatable bonds is 2. The van der Waals surface area contributed by atoms with E-state index in [1.165, 1.54) is 58.2 Å². The van der Waals surface area contributed by atoms with Crippen LogP contribution in [0.25, 0.3) is 0 Å². The molecule has 0 amide bonds. The highest BCUT2D eigenvalue weighted by molar-refractivity contribution is 5.16. The number of hydrogen-bond acceptors (Lipinski definition) is 2. The third-order valence-corrected chi connectivity index (χ3v) is 5.80. The van der Waals surface area contributed by atoms with E-state index in [1.807, 2.05) is 27.7 Å². The van der Waals surface area contributed by atoms with Crippen LogP contribution in [0.5, 0.6) is 0 Å². The zero-order valence-corrected chi connectivity index (χ0v) is 14.5. The van der Waals surface area contributed by atoms with Gasteiger partial charge in [-0.15, -0.1) is 0 Å². The van der Waals surface area contributed by atoms with Crippen molar-refractivity contribution in [1.82, 2.24) is 10.2 Å². The van der Waals surface area contributed by atoms with Gasteiger partial charge in [-0.05, 0) is 64.0 Å². The molecule has 2 heteroatoms. The minimum absolute atomic E-state index is 0.702. The van der Waals surface area contributed by atoms with Crippen LogP contribution in [0.15, 0.2) is 0 Å². The Kier molecular flexibility index (Phi) is 5.18. The number of piperidine rings is 2. The molecule has 4 rings (SSSR count). The Bertz CT molecular complexity index is 301. The van der Waals surface area contributed by atoms with E-state index in [1.54, 1.807) is 0 Å². The molecule has 0 aromatic carbocycles. The largest absolute Gasteiger partial charge is 0.311 e. The third kappa shape index (κ3) is 3.22. The van der Waals surface area contributed by atoms with Crippen LogP contribution in [-0.2, 0) is 0 Å². The van der Waals surface area contributed by atoms with Gasteiger partial charge < -0.3 is 10.2 Å². The first-order valence-electron chi connectivity index (χ1n) is 9.18. The predicted molar refractivity (Wildman–Crippen MR) is 88.1 cm³/mol. The number of likely N-dealkylation sites (tertiary alicyclic amines) is 1. The summed E-state index contributed by atoms with van der Waals surface area (Å²) in [6.07, 6.45) is 8.95. The van der Waals surface area contributed by atoms with Gasteiger partial charge in [0.15, 0.2) is 0 Å². The second-order valence-electron chi connectivity index (χ2n) is 7.17. The van der Waals surface area contributed by atoms with Gasteiger partial charge in [-0.2, -0.15) is 0 Å². The molecule has 0 radical (unpaired) electrons. The maximum Gasteiger partial charge on any atom is 0.0146 e. The van der Waals surface area contributed by atoms with E-state index < -0.39 is 0 Å². The van der Waals surface area contributed by atoms with Crippen molar-refractivity contribution in [3.8, 4) is 0 Å². The predicted octanol–water partition coefficient (Wildman–Crippen LogP) is 4.06. The van der Waals surface area contributed by atoms with Gasteiger partial charge in [-0.3, -0.25) is 0 Å². The van der Waals surface area contributed by atoms with Crippen molar-refractivity contribution >= 4 is 0 Å². The minimum Gasteiger partial charge on any atom is -0.311 e. The Balaban J connectivity index is 0.000000340. The molecule has 0 bridgehead atoms. The monoisotopic (exact) mass is 280 g/mol. The Hall–Kier alpha value is -0.0800. The lowest BCUT2D eigenvalue weighted by Crippen LogP contribution is -2.38. The summed E-state index contributed by atoms with van der Waals surface area (Å²) in [6, 6.07) is 1.65. The summed E-state index contributed by atoms with van der Waals surface area (Å²) >= 11 is 0. The summed E-state index contributed by atoms with van der Waals surface area (Å²) in [4.78, 5) is 2.77. The molecule has 4 aliphatic rings. The lowest BCUT2D eigenvalue weighted by Gasteiger charge is -2.34. The normalized spacial score (nSPS) is 40.0. The van der Waals surface area contributed by atoms with Crippen LogP contribution in [0.2, 0.25) is 0 Å². The molecular formula is C18H36N2. The SMILES string of the molecule is CC.CC.CC1CC2(CN3CCC4(CC3)CC4)CC2N1. The fraction of sp³-hybridized carbons (Fsp3) is 1.00. The highest BCUT2D eigenvalue weighted by atomic mass is 15.2. The number of nitrogens with one attached hydrogen (secondary N) is 1. The van der Waals surface area contributed by atoms with E-state index in [0.29, 0.717) is 5.41 Å². The van der Waals surface area contributed by atoms with Crippen molar-refractivity contribution in [2.45, 2.75) is 85.2 Å². The van der Waals surface area contributed by atoms with Crippen molar-refractivity contribution in [2.24, 2.45) is 10.8 Å². The molecule has 2 saturated heterocycles. The molecule has 2 heterocycles. The quantitative estimate of drug-likeness (QED) is 0.821. The Labute approximate surface area is 126 Å². The fourth-order valence-electron chi connectivity index (χ4n) is 4.37. The molecule has 4 fully saturated rings. The summed E-state index contributed by atoms with van der Waals surface area (Å²) in [6.45, 7) is 14.5. The smallest absolute Gasteiger partial charge is 0.0146 e. The molecule has 20 heavy (non-hydrogen) atoms. The molecule has 0 aromatic rings. The Morgan fingerprint density at radius 1 is 0.950 bits per heavy atom. The first-order valence-corrected chi connectivity index (χ1v) is 9.18. The van der Waals surface area contributed by atoms with Crippen LogP contribution < -0.4 is 5.32 Å². The van der Waals surface area contributed by atoms with Gasteiger partial charge >= 0.3 is 0 Å². The molecule has 2 nitrogen and oxygen atoms in total. The van der Waals surface area contributed by atoms with Crippen molar-refractivity contribution in [3.05, 3.63) is 0 Å². The second kappa shape index (κ2) is 6.36. The van der Waals surface area contributed by atoms with Gasteiger partial charge in [0.05, 0.1) is 0 Å². The maximum atomic E-state index is 3.72. The number of hydrogen-bond donors (Lipinski definition) is 1. The molecule has 1 spiro atoms. The zero-order chi connectivity index (χ0) is 14.8. The van der Waals surface area contributed by atoms with Gasteiger partial charge in [0.25, 0.3) is 0 Å². The first-order chi connectivity index (χ1) is 9.70. The molecule has 2 saturated carbocycles. The summed E-state index contributed by atoms with van der Waals surface area (Å²) < 4.78 is 0. The molecular weight excluding hydrogens is 244 g/mol. The van der Waals surface area contributed by atoms with Crippen LogP contribution in [0.1, 0.15) is 73.1 Å². The van der Waals surface area contributed by atoms with Crippen molar-refractivity contribution in [3.63, 3.8) is 0 Å². The van der Waals surface area contributed by atoms with Gasteiger partial charge in [0.1, 0.15) is 0 Å². The molecule has 0 aromatic heterocycles. The van der Waals surface area contributed by atoms with Crippen LogP contribution >= 0.6 is 0 Å². The van der Waals surface area contributed by atoms with E-state index in [0.717, 1.165) is 17.5 Å². The number of nitrogens with zero attached hydrogens (tertiary/aromatic N) is 1. The van der Waals surface area contributed by atoms with E-state index in [9.17, 15) is 0 Å². The van der Waals surface area contributed by atoms with Crippen LogP contribution in [0.3, 0.4) is 0 Å². The van der Waals surface area contributed by atoms with Gasteiger partial charge in [0, 0.05) is 24.0 Å². The Morgan fingerprint density at radius 2 is 1.55 bits per heavy atom. The standard InChI is InChI=1S/C14H24N2.2C2H6/c1-11-8-14(9-12(14)15-11)10-16-6-4-13(2-3-13)5-7-16;2*1-2/h11-12,15H,2-10H2,1H3;2*1-2H3. The van der Waals surface area contributed by atoms with E-state index in [-0.39, 0.29) is 0 Å². The van der Waals surface area contributed by atoms with Crippen LogP contribution in [0.4, 0.5) is 0 Å². The summed E-state index contributed by atoms with van der Waals surface area (Å²) in [5.74, 6) is 0. The van der Waals surface area contributed by atoms with Crippen LogP contribution in [0, 0.1) is 10.8 Å². The van der Waals surface area contributed by atoms with Gasteiger partial charge in [-0.25, -0.2) is 0 Å². The highest BCUT2D eigenvalue weighted by Gasteiger charge is 2.60. The third-order valence-electron chi connectivity index (χ3n) is 5.80. The average Bonchev–Trinajstić information content (AvgIpc) is 3.36. The minimum atomic E-state index is 0.702. The molecule has 2 aliphatic heterocycles. The maximum absolute atomic E-state index is 3.72. The van der Waals surface area contributed by atoms with E-state index in [4.69, 9.17) is 0 Å². The zero-order valence-electron chi connectivity index (χ0n) is 14.5. The molecule has 2 aliphatic carbocycles. The Morgan fingerprint density at radius 3 is 2.00 bits per heavy atom. The summed E-state index contributed by atoms with van der Waals surface area (Å²) in [5.41, 5.74) is 1.55. The van der Waals surface area contributed by atoms with Crippen molar-refractivity contribution < 1.29 is 0 Å². The molecule has 3 atom stereocenters.